The molecule has 2 N–H and O–H groups in total. The number of hydrogen-bond acceptors (Lipinski definition) is 2. The van der Waals surface area contributed by atoms with Crippen molar-refractivity contribution < 1.29 is 4.43 Å². The molecule has 0 aliphatic rings. The summed E-state index contributed by atoms with van der Waals surface area (Å²) in [6.07, 6.45) is 0. The smallest absolute Gasteiger partial charge is 0.242 e. The van der Waals surface area contributed by atoms with Gasteiger partial charge >= 0.3 is 0 Å². The molecule has 4 heteroatoms. The minimum atomic E-state index is -1.47. The van der Waals surface area contributed by atoms with Crippen molar-refractivity contribution in [3.05, 3.63) is 29.8 Å². The van der Waals surface area contributed by atoms with Gasteiger partial charge in [0.05, 0.1) is 0 Å². The van der Waals surface area contributed by atoms with Gasteiger partial charge in [-0.25, -0.2) is 0 Å². The zero-order valence-electron chi connectivity index (χ0n) is 9.78. The van der Waals surface area contributed by atoms with Gasteiger partial charge in [0.2, 0.25) is 8.32 Å². The van der Waals surface area contributed by atoms with E-state index < -0.39 is 8.32 Å². The Balaban J connectivity index is 0.00000196. The van der Waals surface area contributed by atoms with Crippen LogP contribution in [0.15, 0.2) is 24.3 Å². The van der Waals surface area contributed by atoms with Gasteiger partial charge in [0.15, 0.2) is 0 Å². The molecule has 1 aromatic carbocycles. The topological polar surface area (TPSA) is 35.2 Å². The van der Waals surface area contributed by atoms with Crippen LogP contribution in [0.5, 0.6) is 5.75 Å². The van der Waals surface area contributed by atoms with E-state index in [-0.39, 0.29) is 18.4 Å². The first kappa shape index (κ1) is 14.5. The highest BCUT2D eigenvalue weighted by molar-refractivity contribution is 6.70. The highest BCUT2D eigenvalue weighted by atomic mass is 35.5. The van der Waals surface area contributed by atoms with Crippen molar-refractivity contribution >= 4 is 20.7 Å². The zero-order valence-corrected chi connectivity index (χ0v) is 11.6. The van der Waals surface area contributed by atoms with Gasteiger partial charge in [0.1, 0.15) is 5.75 Å². The first-order valence-corrected chi connectivity index (χ1v) is 8.34. The van der Waals surface area contributed by atoms with Gasteiger partial charge in [-0.2, -0.15) is 0 Å². The summed E-state index contributed by atoms with van der Waals surface area (Å²) in [6.45, 7) is 8.50. The molecule has 2 nitrogen and oxygen atoms in total. The van der Waals surface area contributed by atoms with Crippen molar-refractivity contribution in [2.45, 2.75) is 32.6 Å². The molecule has 0 spiro atoms. The molecule has 0 aromatic heterocycles. The maximum absolute atomic E-state index is 5.83. The van der Waals surface area contributed by atoms with Gasteiger partial charge in [-0.15, -0.1) is 12.4 Å². The second-order valence-electron chi connectivity index (χ2n) is 4.57. The predicted molar refractivity (Wildman–Crippen MR) is 70.3 cm³/mol. The number of hydrogen-bond donors (Lipinski definition) is 1. The molecule has 0 heterocycles. The van der Waals surface area contributed by atoms with Crippen molar-refractivity contribution in [3.63, 3.8) is 0 Å². The van der Waals surface area contributed by atoms with Gasteiger partial charge < -0.3 is 10.2 Å². The van der Waals surface area contributed by atoms with Crippen molar-refractivity contribution in [3.8, 4) is 5.75 Å². The van der Waals surface area contributed by atoms with E-state index in [0.717, 1.165) is 11.3 Å². The largest absolute Gasteiger partial charge is 0.544 e. The fourth-order valence-electron chi connectivity index (χ4n) is 1.19. The van der Waals surface area contributed by atoms with E-state index in [1.54, 1.807) is 0 Å². The van der Waals surface area contributed by atoms with Crippen molar-refractivity contribution in [2.75, 3.05) is 0 Å². The standard InChI is InChI=1S/C11H19NOSi.ClH/c1-9(12)10-5-7-11(8-6-10)13-14(2,3)4;/h5-9H,12H2,1-4H3;1H/t9-;/m1./s1. The summed E-state index contributed by atoms with van der Waals surface area (Å²) in [7, 11) is -1.47. The molecule has 0 unspecified atom stereocenters. The molecule has 1 aromatic rings. The number of nitrogens with two attached hydrogens (primary N) is 1. The van der Waals surface area contributed by atoms with Gasteiger partial charge in [0, 0.05) is 6.04 Å². The van der Waals surface area contributed by atoms with Crippen LogP contribution >= 0.6 is 12.4 Å². The second kappa shape index (κ2) is 5.54. The van der Waals surface area contributed by atoms with E-state index >= 15 is 0 Å². The fraction of sp³-hybridized carbons (Fsp3) is 0.455. The summed E-state index contributed by atoms with van der Waals surface area (Å²) < 4.78 is 5.83. The molecular formula is C11H20ClNOSi. The Bertz CT molecular complexity index is 292. The van der Waals surface area contributed by atoms with Gasteiger partial charge in [-0.1, -0.05) is 12.1 Å². The van der Waals surface area contributed by atoms with E-state index in [1.165, 1.54) is 0 Å². The normalized spacial score (nSPS) is 12.9. The molecule has 0 saturated heterocycles. The monoisotopic (exact) mass is 245 g/mol. The first-order valence-electron chi connectivity index (χ1n) is 4.93. The Labute approximate surface area is 99.4 Å². The van der Waals surface area contributed by atoms with Gasteiger partial charge in [-0.05, 0) is 44.3 Å². The summed E-state index contributed by atoms with van der Waals surface area (Å²) in [5.74, 6) is 0.952. The quantitative estimate of drug-likeness (QED) is 0.829. The van der Waals surface area contributed by atoms with Crippen LogP contribution in [0.2, 0.25) is 19.6 Å². The summed E-state index contributed by atoms with van der Waals surface area (Å²) in [6, 6.07) is 8.14. The Morgan fingerprint density at radius 2 is 1.60 bits per heavy atom. The highest BCUT2D eigenvalue weighted by Crippen LogP contribution is 2.19. The molecule has 0 saturated carbocycles. The van der Waals surface area contributed by atoms with E-state index in [4.69, 9.17) is 10.2 Å². The molecule has 0 bridgehead atoms. The van der Waals surface area contributed by atoms with Crippen LogP contribution in [0.25, 0.3) is 0 Å². The average molecular weight is 246 g/mol. The lowest BCUT2D eigenvalue weighted by Gasteiger charge is -2.19. The Hall–Kier alpha value is -0.513. The van der Waals surface area contributed by atoms with Crippen LogP contribution in [0, 0.1) is 0 Å². The predicted octanol–water partition coefficient (Wildman–Crippen LogP) is 3.34. The zero-order chi connectivity index (χ0) is 10.8. The van der Waals surface area contributed by atoms with E-state index in [9.17, 15) is 0 Å². The SMILES string of the molecule is C[C@@H](N)c1ccc(O[Si](C)(C)C)cc1.Cl. The minimum Gasteiger partial charge on any atom is -0.544 e. The molecule has 0 aliphatic heterocycles. The molecule has 0 radical (unpaired) electrons. The van der Waals surface area contributed by atoms with E-state index in [0.29, 0.717) is 0 Å². The summed E-state index contributed by atoms with van der Waals surface area (Å²) in [5, 5.41) is 0. The number of benzene rings is 1. The summed E-state index contributed by atoms with van der Waals surface area (Å²) in [4.78, 5) is 0. The molecule has 15 heavy (non-hydrogen) atoms. The molecule has 1 rings (SSSR count). The molecule has 0 fully saturated rings. The van der Waals surface area contributed by atoms with Crippen LogP contribution in [0.1, 0.15) is 18.5 Å². The van der Waals surface area contributed by atoms with Crippen molar-refractivity contribution in [2.24, 2.45) is 5.73 Å². The molecule has 86 valence electrons. The van der Waals surface area contributed by atoms with Gasteiger partial charge in [0.25, 0.3) is 0 Å². The molecule has 1 atom stereocenters. The summed E-state index contributed by atoms with van der Waals surface area (Å²) in [5.41, 5.74) is 6.91. The highest BCUT2D eigenvalue weighted by Gasteiger charge is 2.15. The molecule has 0 amide bonds. The third-order valence-corrected chi connectivity index (χ3v) is 2.68. The van der Waals surface area contributed by atoms with Crippen LogP contribution in [-0.4, -0.2) is 8.32 Å². The lowest BCUT2D eigenvalue weighted by Crippen LogP contribution is -2.29. The number of halogens is 1. The van der Waals surface area contributed by atoms with Crippen LogP contribution < -0.4 is 10.2 Å². The third-order valence-electron chi connectivity index (χ3n) is 1.83. The van der Waals surface area contributed by atoms with Crippen molar-refractivity contribution in [1.82, 2.24) is 0 Å². The minimum absolute atomic E-state index is 0. The fourth-order valence-corrected chi connectivity index (χ4v) is 2.04. The molecular weight excluding hydrogens is 226 g/mol. The van der Waals surface area contributed by atoms with Crippen LogP contribution in [0.3, 0.4) is 0 Å². The van der Waals surface area contributed by atoms with Crippen LogP contribution in [0.4, 0.5) is 0 Å². The average Bonchev–Trinajstić information content (AvgIpc) is 2.02. The van der Waals surface area contributed by atoms with E-state index in [2.05, 4.69) is 19.6 Å². The third kappa shape index (κ3) is 5.21. The summed E-state index contributed by atoms with van der Waals surface area (Å²) >= 11 is 0. The van der Waals surface area contributed by atoms with Crippen LogP contribution in [-0.2, 0) is 0 Å². The van der Waals surface area contributed by atoms with Crippen molar-refractivity contribution in [1.29, 1.82) is 0 Å². The van der Waals surface area contributed by atoms with E-state index in [1.807, 2.05) is 31.2 Å². The lowest BCUT2D eigenvalue weighted by atomic mass is 10.1. The Kier molecular flexibility index (Phi) is 5.35. The van der Waals surface area contributed by atoms with Gasteiger partial charge in [-0.3, -0.25) is 0 Å². The first-order chi connectivity index (χ1) is 6.38. The maximum atomic E-state index is 5.83. The number of rotatable bonds is 3. The molecule has 0 aliphatic carbocycles. The lowest BCUT2D eigenvalue weighted by molar-refractivity contribution is 0.557. The Morgan fingerprint density at radius 3 is 1.93 bits per heavy atom. The Morgan fingerprint density at radius 1 is 1.13 bits per heavy atom. The maximum Gasteiger partial charge on any atom is 0.242 e. The second-order valence-corrected chi connectivity index (χ2v) is 9.00.